The number of hydrogen-bond donors (Lipinski definition) is 2. The first-order valence-corrected chi connectivity index (χ1v) is 9.99. The van der Waals surface area contributed by atoms with Gasteiger partial charge in [0.2, 0.25) is 11.5 Å². The van der Waals surface area contributed by atoms with Crippen LogP contribution in [0.5, 0.6) is 0 Å². The van der Waals surface area contributed by atoms with Crippen LogP contribution in [0.15, 0.2) is 40.8 Å². The molecule has 140 valence electrons. The Balaban J connectivity index is 1.70. The summed E-state index contributed by atoms with van der Waals surface area (Å²) in [5.41, 5.74) is 9.99. The molecule has 1 aliphatic carbocycles. The lowest BCUT2D eigenvalue weighted by Gasteiger charge is -2.35. The number of H-pyrrole nitrogens is 1. The number of primary amides is 1. The maximum Gasteiger partial charge on any atom is 0.250 e. The molecule has 0 spiro atoms. The van der Waals surface area contributed by atoms with Crippen molar-refractivity contribution in [2.45, 2.75) is 31.7 Å². The van der Waals surface area contributed by atoms with Crippen LogP contribution in [0.2, 0.25) is 0 Å². The Hall–Kier alpha value is -2.67. The van der Waals surface area contributed by atoms with Gasteiger partial charge < -0.3 is 15.6 Å². The molecule has 6 nitrogen and oxygen atoms in total. The molecule has 2 heterocycles. The highest BCUT2D eigenvalue weighted by atomic mass is 32.1. The van der Waals surface area contributed by atoms with Crippen LogP contribution in [0.1, 0.15) is 25.7 Å². The average molecular weight is 382 g/mol. The molecule has 2 aromatic heterocycles. The zero-order chi connectivity index (χ0) is 19.0. The van der Waals surface area contributed by atoms with Crippen molar-refractivity contribution in [1.82, 2.24) is 9.97 Å². The number of thiazole rings is 1. The van der Waals surface area contributed by atoms with Crippen molar-refractivity contribution in [3.8, 4) is 10.4 Å². The predicted octanol–water partition coefficient (Wildman–Crippen LogP) is 3.13. The van der Waals surface area contributed by atoms with E-state index in [0.29, 0.717) is 0 Å². The third kappa shape index (κ3) is 3.47. The Bertz CT molecular complexity index is 1020. The molecule has 7 heteroatoms. The van der Waals surface area contributed by atoms with Crippen LogP contribution in [-0.4, -0.2) is 29.0 Å². The maximum absolute atomic E-state index is 12.2. The topological polar surface area (TPSA) is 92.1 Å². The van der Waals surface area contributed by atoms with Crippen LogP contribution in [0, 0.1) is 5.92 Å². The number of benzene rings is 1. The van der Waals surface area contributed by atoms with Crippen molar-refractivity contribution < 1.29 is 4.79 Å². The highest BCUT2D eigenvalue weighted by Crippen LogP contribution is 2.34. The van der Waals surface area contributed by atoms with Gasteiger partial charge in [-0.05, 0) is 43.4 Å². The smallest absolute Gasteiger partial charge is 0.250 e. The predicted molar refractivity (Wildman–Crippen MR) is 109 cm³/mol. The number of nitrogens with zero attached hydrogens (tertiary/aromatic N) is 2. The van der Waals surface area contributed by atoms with Crippen LogP contribution >= 0.6 is 11.3 Å². The number of hydrogen-bond acceptors (Lipinski definition) is 5. The number of aromatic nitrogens is 2. The minimum Gasteiger partial charge on any atom is -0.371 e. The molecule has 1 fully saturated rings. The fourth-order valence-electron chi connectivity index (χ4n) is 3.98. The van der Waals surface area contributed by atoms with Gasteiger partial charge in [0.1, 0.15) is 0 Å². The van der Waals surface area contributed by atoms with Gasteiger partial charge in [-0.3, -0.25) is 14.6 Å². The Labute approximate surface area is 161 Å². The van der Waals surface area contributed by atoms with E-state index in [1.165, 1.54) is 0 Å². The van der Waals surface area contributed by atoms with E-state index < -0.39 is 0 Å². The van der Waals surface area contributed by atoms with E-state index in [9.17, 15) is 9.59 Å². The molecule has 1 aromatic carbocycles. The Morgan fingerprint density at radius 2 is 2.04 bits per heavy atom. The number of pyridine rings is 1. The number of carbonyl (C=O) groups is 1. The number of anilines is 1. The zero-order valence-corrected chi connectivity index (χ0v) is 16.0. The largest absolute Gasteiger partial charge is 0.371 e. The number of amides is 1. The van der Waals surface area contributed by atoms with Crippen molar-refractivity contribution in [1.29, 1.82) is 0 Å². The molecule has 0 aliphatic heterocycles. The summed E-state index contributed by atoms with van der Waals surface area (Å²) in [5, 5.41) is 1.01. The number of rotatable bonds is 4. The second kappa shape index (κ2) is 7.15. The van der Waals surface area contributed by atoms with Gasteiger partial charge in [0.15, 0.2) is 0 Å². The van der Waals surface area contributed by atoms with Gasteiger partial charge in [-0.25, -0.2) is 0 Å². The summed E-state index contributed by atoms with van der Waals surface area (Å²) in [6.07, 6.45) is 5.25. The van der Waals surface area contributed by atoms with E-state index in [2.05, 4.69) is 20.9 Å². The fraction of sp³-hybridized carbons (Fsp3) is 0.350. The number of nitrogens with one attached hydrogen (secondary N) is 1. The first-order chi connectivity index (χ1) is 13.0. The van der Waals surface area contributed by atoms with Crippen molar-refractivity contribution >= 4 is 33.8 Å². The fourth-order valence-corrected chi connectivity index (χ4v) is 4.60. The molecule has 3 aromatic rings. The van der Waals surface area contributed by atoms with Crippen LogP contribution < -0.4 is 16.2 Å². The summed E-state index contributed by atoms with van der Waals surface area (Å²) in [6, 6.07) is 8.02. The number of nitrogens with two attached hydrogens (primary N) is 1. The number of carbonyl (C=O) groups excluding carboxylic acids is 1. The molecular formula is C20H22N4O2S. The summed E-state index contributed by atoms with van der Waals surface area (Å²) in [4.78, 5) is 34.0. The maximum atomic E-state index is 12.2. The summed E-state index contributed by atoms with van der Waals surface area (Å²) < 4.78 is 0. The van der Waals surface area contributed by atoms with Gasteiger partial charge in [-0.1, -0.05) is 6.07 Å². The summed E-state index contributed by atoms with van der Waals surface area (Å²) in [5.74, 6) is -0.226. The van der Waals surface area contributed by atoms with Crippen molar-refractivity contribution in [2.24, 2.45) is 11.7 Å². The first-order valence-electron chi connectivity index (χ1n) is 9.11. The lowest BCUT2D eigenvalue weighted by atomic mass is 9.85. The minimum atomic E-state index is -0.202. The van der Waals surface area contributed by atoms with E-state index in [-0.39, 0.29) is 23.4 Å². The molecule has 0 radical (unpaired) electrons. The average Bonchev–Trinajstić information content (AvgIpc) is 3.21. The van der Waals surface area contributed by atoms with Gasteiger partial charge in [0, 0.05) is 36.7 Å². The molecular weight excluding hydrogens is 360 g/mol. The number of fused-ring (bicyclic) bond motifs is 1. The highest BCUT2D eigenvalue weighted by Gasteiger charge is 2.27. The summed E-state index contributed by atoms with van der Waals surface area (Å²) in [6.45, 7) is 0. The molecule has 0 bridgehead atoms. The molecule has 1 aliphatic rings. The second-order valence-corrected chi connectivity index (χ2v) is 8.05. The summed E-state index contributed by atoms with van der Waals surface area (Å²) in [7, 11) is 2.03. The third-order valence-corrected chi connectivity index (χ3v) is 6.39. The molecule has 3 N–H and O–H groups in total. The van der Waals surface area contributed by atoms with Crippen LogP contribution in [0.4, 0.5) is 5.69 Å². The SMILES string of the molecule is CN(c1cc(=O)[nH]c2ccc(-c3cncs3)cc12)C1CCC(C(N)=O)CC1. The highest BCUT2D eigenvalue weighted by molar-refractivity contribution is 7.13. The van der Waals surface area contributed by atoms with Crippen molar-refractivity contribution in [3.05, 3.63) is 46.3 Å². The van der Waals surface area contributed by atoms with E-state index in [0.717, 1.165) is 52.7 Å². The molecule has 1 amide bonds. The second-order valence-electron chi connectivity index (χ2n) is 7.16. The Morgan fingerprint density at radius 1 is 1.26 bits per heavy atom. The van der Waals surface area contributed by atoms with Crippen molar-refractivity contribution in [3.63, 3.8) is 0 Å². The lowest BCUT2D eigenvalue weighted by Crippen LogP contribution is -2.38. The molecule has 0 atom stereocenters. The summed E-state index contributed by atoms with van der Waals surface area (Å²) >= 11 is 1.59. The quantitative estimate of drug-likeness (QED) is 0.725. The van der Waals surface area contributed by atoms with Gasteiger partial charge in [-0.2, -0.15) is 0 Å². The third-order valence-electron chi connectivity index (χ3n) is 5.56. The van der Waals surface area contributed by atoms with E-state index in [1.807, 2.05) is 30.9 Å². The Kier molecular flexibility index (Phi) is 4.70. The van der Waals surface area contributed by atoms with E-state index >= 15 is 0 Å². The number of aromatic amines is 1. The lowest BCUT2D eigenvalue weighted by molar-refractivity contribution is -0.122. The first kappa shape index (κ1) is 17.7. The van der Waals surface area contributed by atoms with Gasteiger partial charge in [0.05, 0.1) is 21.6 Å². The van der Waals surface area contributed by atoms with Gasteiger partial charge in [-0.15, -0.1) is 11.3 Å². The van der Waals surface area contributed by atoms with Gasteiger partial charge >= 0.3 is 0 Å². The molecule has 0 saturated heterocycles. The van der Waals surface area contributed by atoms with Crippen molar-refractivity contribution in [2.75, 3.05) is 11.9 Å². The molecule has 4 rings (SSSR count). The van der Waals surface area contributed by atoms with Crippen LogP contribution in [-0.2, 0) is 4.79 Å². The van der Waals surface area contributed by atoms with Gasteiger partial charge in [0.25, 0.3) is 0 Å². The molecule has 0 unspecified atom stereocenters. The molecule has 1 saturated carbocycles. The Morgan fingerprint density at radius 3 is 2.70 bits per heavy atom. The molecule has 27 heavy (non-hydrogen) atoms. The standard InChI is InChI=1S/C20H22N4O2S/c1-24(14-5-2-12(3-6-14)20(21)26)17-9-19(25)23-16-7-4-13(8-15(16)17)18-10-22-11-27-18/h4,7-12,14H,2-3,5-6H2,1H3,(H2,21,26)(H,23,25). The van der Waals surface area contributed by atoms with E-state index in [4.69, 9.17) is 5.73 Å². The minimum absolute atomic E-state index is 0.0245. The zero-order valence-electron chi connectivity index (χ0n) is 15.1. The van der Waals surface area contributed by atoms with Crippen LogP contribution in [0.3, 0.4) is 0 Å². The van der Waals surface area contributed by atoms with E-state index in [1.54, 1.807) is 17.4 Å². The normalized spacial score (nSPS) is 19.9. The monoisotopic (exact) mass is 382 g/mol. The van der Waals surface area contributed by atoms with Crippen LogP contribution in [0.25, 0.3) is 21.3 Å².